The number of fused-ring (bicyclic) bond motifs is 3. The Bertz CT molecular complexity index is 1130. The van der Waals surface area contributed by atoms with Crippen molar-refractivity contribution in [3.63, 3.8) is 0 Å². The molecule has 11 heteroatoms. The maximum Gasteiger partial charge on any atom is 0.587 e. The highest BCUT2D eigenvalue weighted by Gasteiger charge is 2.51. The number of halogens is 5. The number of pyridine rings is 1. The summed E-state index contributed by atoms with van der Waals surface area (Å²) >= 11 is 0. The molecule has 32 heavy (non-hydrogen) atoms. The molecule has 1 amide bonds. The third-order valence-corrected chi connectivity index (χ3v) is 5.32. The zero-order valence-corrected chi connectivity index (χ0v) is 17.4. The number of carbonyl (C=O) groups is 1. The highest BCUT2D eigenvalue weighted by atomic mass is 19.4. The number of allylic oxidation sites excluding steroid dienone is 1. The van der Waals surface area contributed by atoms with Gasteiger partial charge in [-0.25, -0.2) is 4.98 Å². The average molecular weight is 458 g/mol. The number of alkyl halides is 5. The fraction of sp³-hybridized carbons (Fsp3) is 0.333. The first kappa shape index (κ1) is 23.3. The number of primary amides is 1. The van der Waals surface area contributed by atoms with Gasteiger partial charge in [0, 0.05) is 16.7 Å². The quantitative estimate of drug-likeness (QED) is 0.612. The van der Waals surface area contributed by atoms with Gasteiger partial charge in [-0.1, -0.05) is 11.6 Å². The van der Waals surface area contributed by atoms with Crippen LogP contribution >= 0.6 is 0 Å². The van der Waals surface area contributed by atoms with Gasteiger partial charge in [-0.2, -0.15) is 13.2 Å². The fourth-order valence-electron chi connectivity index (χ4n) is 3.51. The molecule has 0 saturated heterocycles. The second kappa shape index (κ2) is 7.64. The number of phenolic OH excluding ortho intramolecular Hbond substituents is 1. The SMILES string of the molecule is CC1=C(C(N)=O)c2c(C(F)(F)F)nc3c(c2C1)OC(F)(F)O3.Cc1ccc(O)c(C)c1C. The molecule has 0 spiro atoms. The van der Waals surface area contributed by atoms with Crippen LogP contribution in [0.1, 0.15) is 40.4 Å². The van der Waals surface area contributed by atoms with E-state index in [0.717, 1.165) is 5.56 Å². The summed E-state index contributed by atoms with van der Waals surface area (Å²) in [4.78, 5) is 14.5. The van der Waals surface area contributed by atoms with Gasteiger partial charge in [0.25, 0.3) is 5.88 Å². The lowest BCUT2D eigenvalue weighted by molar-refractivity contribution is -0.287. The summed E-state index contributed by atoms with van der Waals surface area (Å²) in [7, 11) is 0. The molecule has 1 aliphatic heterocycles. The molecule has 1 aromatic heterocycles. The minimum absolute atomic E-state index is 0.193. The minimum atomic E-state index is -4.98. The molecular weight excluding hydrogens is 439 g/mol. The lowest BCUT2D eigenvalue weighted by atomic mass is 10.0. The minimum Gasteiger partial charge on any atom is -0.508 e. The normalized spacial score (nSPS) is 15.9. The van der Waals surface area contributed by atoms with E-state index in [0.29, 0.717) is 5.75 Å². The van der Waals surface area contributed by atoms with Crippen LogP contribution in [0.4, 0.5) is 22.0 Å². The van der Waals surface area contributed by atoms with Crippen LogP contribution < -0.4 is 15.2 Å². The molecule has 0 unspecified atom stereocenters. The first-order chi connectivity index (χ1) is 14.6. The Hall–Kier alpha value is -3.37. The lowest BCUT2D eigenvalue weighted by Gasteiger charge is -2.13. The summed E-state index contributed by atoms with van der Waals surface area (Å²) in [5.74, 6) is -2.28. The summed E-state index contributed by atoms with van der Waals surface area (Å²) < 4.78 is 73.9. The Morgan fingerprint density at radius 3 is 2.28 bits per heavy atom. The second-order valence-electron chi connectivity index (χ2n) is 7.46. The molecule has 4 rings (SSSR count). The molecule has 172 valence electrons. The van der Waals surface area contributed by atoms with Crippen molar-refractivity contribution in [1.29, 1.82) is 0 Å². The van der Waals surface area contributed by atoms with Crippen LogP contribution in [0, 0.1) is 20.8 Å². The van der Waals surface area contributed by atoms with Crippen LogP contribution in [0.5, 0.6) is 17.4 Å². The Kier molecular flexibility index (Phi) is 5.56. The molecule has 0 radical (unpaired) electrons. The standard InChI is InChI=1S/C12H7F5N2O3.C9H12O/c1-3-2-4-6(5(3)9(18)20)8(11(13,14)15)19-10-7(4)21-12(16,17)22-10;1-6-4-5-9(10)8(3)7(6)2/h2H2,1H3,(H2,18,20);4-5,10H,1-3H3. The number of phenols is 1. The van der Waals surface area contributed by atoms with E-state index in [1.54, 1.807) is 6.07 Å². The molecule has 1 aromatic carbocycles. The fourth-order valence-corrected chi connectivity index (χ4v) is 3.51. The van der Waals surface area contributed by atoms with E-state index in [2.05, 4.69) is 14.5 Å². The van der Waals surface area contributed by atoms with E-state index in [9.17, 15) is 31.9 Å². The van der Waals surface area contributed by atoms with Crippen molar-refractivity contribution in [2.24, 2.45) is 5.73 Å². The molecule has 0 atom stereocenters. The second-order valence-corrected chi connectivity index (χ2v) is 7.46. The Morgan fingerprint density at radius 2 is 1.75 bits per heavy atom. The first-order valence-corrected chi connectivity index (χ1v) is 9.29. The molecule has 3 N–H and O–H groups in total. The van der Waals surface area contributed by atoms with Crippen LogP contribution in [0.3, 0.4) is 0 Å². The van der Waals surface area contributed by atoms with Crippen LogP contribution in [-0.4, -0.2) is 22.3 Å². The van der Waals surface area contributed by atoms with Gasteiger partial charge >= 0.3 is 12.5 Å². The Labute approximate surface area is 179 Å². The molecular formula is C21H19F5N2O4. The van der Waals surface area contributed by atoms with Crippen molar-refractivity contribution in [3.05, 3.63) is 51.2 Å². The predicted octanol–water partition coefficient (Wildman–Crippen LogP) is 4.55. The van der Waals surface area contributed by atoms with Gasteiger partial charge in [0.1, 0.15) is 5.75 Å². The third-order valence-electron chi connectivity index (χ3n) is 5.32. The number of ether oxygens (including phenoxy) is 2. The van der Waals surface area contributed by atoms with E-state index in [1.807, 2.05) is 26.8 Å². The summed E-state index contributed by atoms with van der Waals surface area (Å²) in [6, 6.07) is 3.66. The van der Waals surface area contributed by atoms with Crippen LogP contribution in [0.25, 0.3) is 5.57 Å². The monoisotopic (exact) mass is 458 g/mol. The number of rotatable bonds is 1. The number of benzene rings is 1. The number of hydrogen-bond donors (Lipinski definition) is 2. The van der Waals surface area contributed by atoms with Gasteiger partial charge in [0.2, 0.25) is 5.91 Å². The molecule has 1 aliphatic carbocycles. The van der Waals surface area contributed by atoms with Crippen LogP contribution in [0.2, 0.25) is 0 Å². The van der Waals surface area contributed by atoms with E-state index in [1.165, 1.54) is 18.1 Å². The lowest BCUT2D eigenvalue weighted by Crippen LogP contribution is -2.26. The number of aromatic hydroxyl groups is 1. The number of hydrogen-bond acceptors (Lipinski definition) is 5. The zero-order valence-electron chi connectivity index (χ0n) is 17.4. The van der Waals surface area contributed by atoms with Crippen LogP contribution in [-0.2, 0) is 17.4 Å². The zero-order chi connectivity index (χ0) is 24.2. The van der Waals surface area contributed by atoms with E-state index in [-0.39, 0.29) is 17.6 Å². The molecule has 0 fully saturated rings. The third kappa shape index (κ3) is 4.06. The van der Waals surface area contributed by atoms with E-state index < -0.39 is 46.8 Å². The molecule has 2 aromatic rings. The molecule has 2 aliphatic rings. The number of amides is 1. The topological polar surface area (TPSA) is 94.7 Å². The van der Waals surface area contributed by atoms with Crippen molar-refractivity contribution < 1.29 is 41.3 Å². The van der Waals surface area contributed by atoms with Crippen LogP contribution in [0.15, 0.2) is 17.7 Å². The summed E-state index contributed by atoms with van der Waals surface area (Å²) in [6.07, 6.45) is -9.29. The van der Waals surface area contributed by atoms with Crippen molar-refractivity contribution in [3.8, 4) is 17.4 Å². The van der Waals surface area contributed by atoms with Gasteiger partial charge in [-0.15, -0.1) is 8.78 Å². The maximum absolute atomic E-state index is 13.1. The van der Waals surface area contributed by atoms with Crippen molar-refractivity contribution in [1.82, 2.24) is 4.98 Å². The number of nitrogens with zero attached hydrogens (tertiary/aromatic N) is 1. The van der Waals surface area contributed by atoms with Crippen molar-refractivity contribution >= 4 is 11.5 Å². The first-order valence-electron chi connectivity index (χ1n) is 9.29. The van der Waals surface area contributed by atoms with E-state index >= 15 is 0 Å². The Morgan fingerprint density at radius 1 is 1.12 bits per heavy atom. The number of aromatic nitrogens is 1. The van der Waals surface area contributed by atoms with Crippen molar-refractivity contribution in [2.45, 2.75) is 46.6 Å². The highest BCUT2D eigenvalue weighted by molar-refractivity contribution is 6.21. The van der Waals surface area contributed by atoms with Gasteiger partial charge in [0.15, 0.2) is 11.4 Å². The molecule has 6 nitrogen and oxygen atoms in total. The molecule has 2 heterocycles. The van der Waals surface area contributed by atoms with Crippen molar-refractivity contribution in [2.75, 3.05) is 0 Å². The number of aryl methyl sites for hydroxylation is 1. The smallest absolute Gasteiger partial charge is 0.508 e. The molecule has 0 saturated carbocycles. The summed E-state index contributed by atoms with van der Waals surface area (Å²) in [5, 5.41) is 9.22. The van der Waals surface area contributed by atoms with Gasteiger partial charge in [-0.05, 0) is 56.9 Å². The highest BCUT2D eigenvalue weighted by Crippen LogP contribution is 2.51. The van der Waals surface area contributed by atoms with E-state index in [4.69, 9.17) is 5.73 Å². The average Bonchev–Trinajstić information content (AvgIpc) is 3.17. The summed E-state index contributed by atoms with van der Waals surface area (Å²) in [6.45, 7) is 7.37. The predicted molar refractivity (Wildman–Crippen MR) is 103 cm³/mol. The molecule has 0 bridgehead atoms. The number of nitrogens with two attached hydrogens (primary N) is 1. The maximum atomic E-state index is 13.1. The largest absolute Gasteiger partial charge is 0.587 e. The van der Waals surface area contributed by atoms with Gasteiger partial charge in [0.05, 0.1) is 0 Å². The van der Waals surface area contributed by atoms with Gasteiger partial charge < -0.3 is 20.3 Å². The number of carbonyl (C=O) groups excluding carboxylic acids is 1. The Balaban J connectivity index is 0.000000243. The van der Waals surface area contributed by atoms with Gasteiger partial charge in [-0.3, -0.25) is 4.79 Å². The summed E-state index contributed by atoms with van der Waals surface area (Å²) in [5.41, 5.74) is 5.95.